The number of ether oxygens (including phenoxy) is 1. The topological polar surface area (TPSA) is 58.6 Å². The third-order valence-electron chi connectivity index (χ3n) is 4.38. The zero-order valence-electron chi connectivity index (χ0n) is 16.7. The summed E-state index contributed by atoms with van der Waals surface area (Å²) in [6.07, 6.45) is 1.27. The molecule has 0 aliphatic rings. The molecule has 0 bridgehead atoms. The number of hydrogen-bond donors (Lipinski definition) is 1. The van der Waals surface area contributed by atoms with Crippen LogP contribution in [0.2, 0.25) is 5.02 Å². The summed E-state index contributed by atoms with van der Waals surface area (Å²) in [4.78, 5) is 27.1. The lowest BCUT2D eigenvalue weighted by atomic mass is 10.1. The average molecular weight is 421 g/mol. The van der Waals surface area contributed by atoms with E-state index in [0.29, 0.717) is 23.7 Å². The van der Waals surface area contributed by atoms with E-state index in [0.717, 1.165) is 12.0 Å². The van der Waals surface area contributed by atoms with Gasteiger partial charge in [0, 0.05) is 18.1 Å². The summed E-state index contributed by atoms with van der Waals surface area (Å²) >= 11 is 5.95. The van der Waals surface area contributed by atoms with E-state index in [4.69, 9.17) is 16.3 Å². The minimum absolute atomic E-state index is 0.196. The van der Waals surface area contributed by atoms with Crippen molar-refractivity contribution in [3.05, 3.63) is 64.9 Å². The van der Waals surface area contributed by atoms with E-state index in [1.54, 1.807) is 12.1 Å². The summed E-state index contributed by atoms with van der Waals surface area (Å²) in [5.41, 5.74) is 0.853. The molecule has 0 saturated carbocycles. The van der Waals surface area contributed by atoms with Gasteiger partial charge in [-0.1, -0.05) is 37.6 Å². The van der Waals surface area contributed by atoms with Crippen molar-refractivity contribution in [2.45, 2.75) is 39.3 Å². The smallest absolute Gasteiger partial charge is 0.261 e. The van der Waals surface area contributed by atoms with Gasteiger partial charge in [0.15, 0.2) is 6.61 Å². The molecule has 2 aromatic rings. The van der Waals surface area contributed by atoms with E-state index >= 15 is 0 Å². The number of benzene rings is 2. The molecule has 0 saturated heterocycles. The summed E-state index contributed by atoms with van der Waals surface area (Å²) in [6, 6.07) is 11.9. The Hall–Kier alpha value is -2.60. The molecule has 0 spiro atoms. The van der Waals surface area contributed by atoms with Crippen molar-refractivity contribution in [1.29, 1.82) is 0 Å². The van der Waals surface area contributed by atoms with Gasteiger partial charge in [-0.05, 0) is 54.8 Å². The van der Waals surface area contributed by atoms with Gasteiger partial charge < -0.3 is 15.0 Å². The fourth-order valence-corrected chi connectivity index (χ4v) is 2.96. The van der Waals surface area contributed by atoms with Crippen LogP contribution in [0.15, 0.2) is 48.5 Å². The predicted octanol–water partition coefficient (Wildman–Crippen LogP) is 4.19. The van der Waals surface area contributed by atoms with Gasteiger partial charge in [0.1, 0.15) is 17.6 Å². The quantitative estimate of drug-likeness (QED) is 0.627. The van der Waals surface area contributed by atoms with Crippen molar-refractivity contribution >= 4 is 23.4 Å². The molecule has 5 nitrogen and oxygen atoms in total. The van der Waals surface area contributed by atoms with Crippen LogP contribution < -0.4 is 10.1 Å². The van der Waals surface area contributed by atoms with Crippen LogP contribution in [0.4, 0.5) is 4.39 Å². The maximum atomic E-state index is 13.0. The summed E-state index contributed by atoms with van der Waals surface area (Å²) < 4.78 is 18.5. The van der Waals surface area contributed by atoms with E-state index in [9.17, 15) is 14.0 Å². The second-order valence-electron chi connectivity index (χ2n) is 6.61. The van der Waals surface area contributed by atoms with Gasteiger partial charge in [-0.25, -0.2) is 4.39 Å². The second kappa shape index (κ2) is 11.4. The molecular weight excluding hydrogens is 395 g/mol. The normalized spacial score (nSPS) is 11.6. The first-order valence-corrected chi connectivity index (χ1v) is 10.0. The number of carbonyl (C=O) groups excluding carboxylic acids is 2. The first-order chi connectivity index (χ1) is 13.9. The fourth-order valence-electron chi connectivity index (χ4n) is 2.83. The van der Waals surface area contributed by atoms with Gasteiger partial charge in [-0.15, -0.1) is 0 Å². The van der Waals surface area contributed by atoms with Crippen LogP contribution >= 0.6 is 11.6 Å². The van der Waals surface area contributed by atoms with Gasteiger partial charge in [0.05, 0.1) is 0 Å². The number of nitrogens with one attached hydrogen (secondary N) is 1. The van der Waals surface area contributed by atoms with E-state index in [1.807, 2.05) is 26.0 Å². The second-order valence-corrected chi connectivity index (χ2v) is 7.04. The molecule has 2 amide bonds. The first-order valence-electron chi connectivity index (χ1n) is 9.64. The molecular formula is C22H26ClFN2O3. The zero-order chi connectivity index (χ0) is 21.2. The monoisotopic (exact) mass is 420 g/mol. The van der Waals surface area contributed by atoms with Gasteiger partial charge in [0.25, 0.3) is 5.91 Å². The van der Waals surface area contributed by atoms with Crippen LogP contribution in [-0.4, -0.2) is 35.9 Å². The third-order valence-corrected chi connectivity index (χ3v) is 4.63. The van der Waals surface area contributed by atoms with Crippen molar-refractivity contribution in [3.8, 4) is 5.75 Å². The molecule has 2 aromatic carbocycles. The molecule has 0 aliphatic heterocycles. The van der Waals surface area contributed by atoms with Crippen LogP contribution in [-0.2, 0) is 16.1 Å². The van der Waals surface area contributed by atoms with Crippen LogP contribution in [0.1, 0.15) is 32.3 Å². The van der Waals surface area contributed by atoms with Crippen molar-refractivity contribution in [1.82, 2.24) is 10.2 Å². The highest BCUT2D eigenvalue weighted by molar-refractivity contribution is 6.30. The maximum Gasteiger partial charge on any atom is 0.261 e. The Kier molecular flexibility index (Phi) is 8.93. The van der Waals surface area contributed by atoms with Crippen molar-refractivity contribution in [2.75, 3.05) is 13.2 Å². The molecule has 7 heteroatoms. The summed E-state index contributed by atoms with van der Waals surface area (Å²) in [7, 11) is 0. The van der Waals surface area contributed by atoms with Crippen molar-refractivity contribution < 1.29 is 18.7 Å². The number of nitrogens with zero attached hydrogens (tertiary/aromatic N) is 1. The minimum Gasteiger partial charge on any atom is -0.484 e. The lowest BCUT2D eigenvalue weighted by Crippen LogP contribution is -2.50. The van der Waals surface area contributed by atoms with E-state index in [1.165, 1.54) is 29.2 Å². The summed E-state index contributed by atoms with van der Waals surface area (Å²) in [6.45, 7) is 4.37. The lowest BCUT2D eigenvalue weighted by Gasteiger charge is -2.30. The Labute approximate surface area is 175 Å². The van der Waals surface area contributed by atoms with Crippen LogP contribution in [0.5, 0.6) is 5.75 Å². The molecule has 1 N–H and O–H groups in total. The largest absolute Gasteiger partial charge is 0.484 e. The van der Waals surface area contributed by atoms with Crippen LogP contribution in [0, 0.1) is 5.82 Å². The summed E-state index contributed by atoms with van der Waals surface area (Å²) in [5, 5.41) is 3.45. The van der Waals surface area contributed by atoms with Gasteiger partial charge >= 0.3 is 0 Å². The number of hydrogen-bond acceptors (Lipinski definition) is 3. The Balaban J connectivity index is 2.16. The van der Waals surface area contributed by atoms with E-state index in [2.05, 4.69) is 5.32 Å². The molecule has 1 atom stereocenters. The lowest BCUT2D eigenvalue weighted by molar-refractivity contribution is -0.143. The predicted molar refractivity (Wildman–Crippen MR) is 111 cm³/mol. The van der Waals surface area contributed by atoms with Crippen molar-refractivity contribution in [3.63, 3.8) is 0 Å². The molecule has 29 heavy (non-hydrogen) atoms. The highest BCUT2D eigenvalue weighted by Gasteiger charge is 2.28. The molecule has 2 rings (SSSR count). The van der Waals surface area contributed by atoms with Crippen LogP contribution in [0.3, 0.4) is 0 Å². The molecule has 0 heterocycles. The Bertz CT molecular complexity index is 797. The number of halogens is 2. The van der Waals surface area contributed by atoms with E-state index in [-0.39, 0.29) is 30.8 Å². The maximum absolute atomic E-state index is 13.0. The molecule has 0 unspecified atom stereocenters. The molecule has 0 aromatic heterocycles. The van der Waals surface area contributed by atoms with Gasteiger partial charge in [-0.3, -0.25) is 9.59 Å². The molecule has 0 fully saturated rings. The highest BCUT2D eigenvalue weighted by Crippen LogP contribution is 2.16. The Morgan fingerprint density at radius 3 is 2.34 bits per heavy atom. The number of rotatable bonds is 10. The molecule has 0 aliphatic carbocycles. The molecule has 0 radical (unpaired) electrons. The van der Waals surface area contributed by atoms with E-state index < -0.39 is 6.04 Å². The minimum atomic E-state index is -0.624. The third kappa shape index (κ3) is 7.06. The van der Waals surface area contributed by atoms with Crippen molar-refractivity contribution in [2.24, 2.45) is 0 Å². The highest BCUT2D eigenvalue weighted by atomic mass is 35.5. The number of amides is 2. The molecule has 156 valence electrons. The SMILES string of the molecule is CCCNC(=O)[C@@H](CC)N(Cc1ccc(Cl)cc1)C(=O)COc1ccc(F)cc1. The van der Waals surface area contributed by atoms with Gasteiger partial charge in [-0.2, -0.15) is 0 Å². The Morgan fingerprint density at radius 2 is 1.76 bits per heavy atom. The van der Waals surface area contributed by atoms with Gasteiger partial charge in [0.2, 0.25) is 5.91 Å². The standard InChI is InChI=1S/C22H26ClFN2O3/c1-3-13-25-22(28)20(4-2)26(14-16-5-7-17(23)8-6-16)21(27)15-29-19-11-9-18(24)10-12-19/h5-12,20H,3-4,13-15H2,1-2H3,(H,25,28)/t20-/m1/s1. The fraction of sp³-hybridized carbons (Fsp3) is 0.364. The first kappa shape index (κ1) is 22.7. The van der Waals surface area contributed by atoms with Crippen LogP contribution in [0.25, 0.3) is 0 Å². The average Bonchev–Trinajstić information content (AvgIpc) is 2.72. The Morgan fingerprint density at radius 1 is 1.10 bits per heavy atom. The number of carbonyl (C=O) groups is 2. The summed E-state index contributed by atoms with van der Waals surface area (Å²) in [5.74, 6) is -0.525. The zero-order valence-corrected chi connectivity index (χ0v) is 17.4.